The highest BCUT2D eigenvalue weighted by atomic mass is 35.5. The third kappa shape index (κ3) is 1.47. The van der Waals surface area contributed by atoms with E-state index in [1.807, 2.05) is 6.07 Å². The van der Waals surface area contributed by atoms with Crippen molar-refractivity contribution in [1.29, 1.82) is 0 Å². The third-order valence-corrected chi connectivity index (χ3v) is 3.32. The van der Waals surface area contributed by atoms with Gasteiger partial charge < -0.3 is 5.73 Å². The SMILES string of the molecule is Cc1c(Cl)ccc2c1CCC[C@H]2N. The van der Waals surface area contributed by atoms with Crippen molar-refractivity contribution in [1.82, 2.24) is 0 Å². The lowest BCUT2D eigenvalue weighted by atomic mass is 9.86. The van der Waals surface area contributed by atoms with Gasteiger partial charge in [0.2, 0.25) is 0 Å². The molecular weight excluding hydrogens is 182 g/mol. The molecule has 2 N–H and O–H groups in total. The molecule has 2 heteroatoms. The van der Waals surface area contributed by atoms with E-state index in [9.17, 15) is 0 Å². The van der Waals surface area contributed by atoms with E-state index in [-0.39, 0.29) is 6.04 Å². The van der Waals surface area contributed by atoms with E-state index in [4.69, 9.17) is 17.3 Å². The van der Waals surface area contributed by atoms with Crippen LogP contribution < -0.4 is 5.73 Å². The molecule has 0 saturated heterocycles. The molecular formula is C11H14ClN. The number of nitrogens with two attached hydrogens (primary N) is 1. The molecule has 0 aromatic heterocycles. The molecule has 1 aliphatic carbocycles. The second-order valence-corrected chi connectivity index (χ2v) is 4.15. The van der Waals surface area contributed by atoms with Crippen LogP contribution in [0.3, 0.4) is 0 Å². The lowest BCUT2D eigenvalue weighted by Gasteiger charge is -2.24. The molecule has 2 rings (SSSR count). The van der Waals surface area contributed by atoms with Crippen molar-refractivity contribution in [2.75, 3.05) is 0 Å². The number of rotatable bonds is 0. The number of benzene rings is 1. The van der Waals surface area contributed by atoms with Gasteiger partial charge >= 0.3 is 0 Å². The summed E-state index contributed by atoms with van der Waals surface area (Å²) in [4.78, 5) is 0. The highest BCUT2D eigenvalue weighted by Crippen LogP contribution is 2.32. The van der Waals surface area contributed by atoms with E-state index in [0.29, 0.717) is 0 Å². The Kier molecular flexibility index (Phi) is 2.31. The fraction of sp³-hybridized carbons (Fsp3) is 0.455. The van der Waals surface area contributed by atoms with Gasteiger partial charge in [-0.3, -0.25) is 0 Å². The molecule has 0 spiro atoms. The van der Waals surface area contributed by atoms with Gasteiger partial charge in [-0.15, -0.1) is 0 Å². The van der Waals surface area contributed by atoms with E-state index >= 15 is 0 Å². The normalized spacial score (nSPS) is 21.3. The average Bonchev–Trinajstić information content (AvgIpc) is 2.12. The first-order valence-corrected chi connectivity index (χ1v) is 5.11. The van der Waals surface area contributed by atoms with Gasteiger partial charge in [-0.2, -0.15) is 0 Å². The molecule has 0 radical (unpaired) electrons. The van der Waals surface area contributed by atoms with Gasteiger partial charge in [0, 0.05) is 11.1 Å². The average molecular weight is 196 g/mol. The quantitative estimate of drug-likeness (QED) is 0.677. The molecule has 1 nitrogen and oxygen atoms in total. The first-order chi connectivity index (χ1) is 6.20. The van der Waals surface area contributed by atoms with Crippen LogP contribution in [0, 0.1) is 6.92 Å². The molecule has 13 heavy (non-hydrogen) atoms. The van der Waals surface area contributed by atoms with Crippen LogP contribution in [0.15, 0.2) is 12.1 Å². The van der Waals surface area contributed by atoms with E-state index in [0.717, 1.165) is 17.9 Å². The predicted molar refractivity (Wildman–Crippen MR) is 56.1 cm³/mol. The van der Waals surface area contributed by atoms with Crippen molar-refractivity contribution in [2.45, 2.75) is 32.2 Å². The summed E-state index contributed by atoms with van der Waals surface area (Å²) in [6.07, 6.45) is 3.43. The van der Waals surface area contributed by atoms with Gasteiger partial charge in [0.05, 0.1) is 0 Å². The summed E-state index contributed by atoms with van der Waals surface area (Å²) in [5.74, 6) is 0. The molecule has 0 unspecified atom stereocenters. The van der Waals surface area contributed by atoms with Crippen LogP contribution in [0.5, 0.6) is 0 Å². The maximum atomic E-state index is 6.05. The zero-order valence-corrected chi connectivity index (χ0v) is 8.56. The molecule has 1 atom stereocenters. The summed E-state index contributed by atoms with van der Waals surface area (Å²) < 4.78 is 0. The Morgan fingerprint density at radius 1 is 1.46 bits per heavy atom. The fourth-order valence-corrected chi connectivity index (χ4v) is 2.26. The minimum absolute atomic E-state index is 0.222. The molecule has 1 aromatic rings. The van der Waals surface area contributed by atoms with Crippen molar-refractivity contribution in [3.8, 4) is 0 Å². The topological polar surface area (TPSA) is 26.0 Å². The molecule has 0 saturated carbocycles. The Morgan fingerprint density at radius 2 is 2.23 bits per heavy atom. The lowest BCUT2D eigenvalue weighted by Crippen LogP contribution is -2.18. The zero-order chi connectivity index (χ0) is 9.42. The fourth-order valence-electron chi connectivity index (χ4n) is 2.08. The Bertz CT molecular complexity index is 333. The Balaban J connectivity index is 2.56. The van der Waals surface area contributed by atoms with Crippen LogP contribution in [0.2, 0.25) is 5.02 Å². The van der Waals surface area contributed by atoms with Crippen LogP contribution in [0.1, 0.15) is 35.6 Å². The van der Waals surface area contributed by atoms with Gasteiger partial charge in [-0.25, -0.2) is 0 Å². The zero-order valence-electron chi connectivity index (χ0n) is 7.81. The Morgan fingerprint density at radius 3 is 3.00 bits per heavy atom. The molecule has 0 aliphatic heterocycles. The summed E-state index contributed by atoms with van der Waals surface area (Å²) in [6.45, 7) is 2.08. The number of halogens is 1. The van der Waals surface area contributed by atoms with Crippen molar-refractivity contribution >= 4 is 11.6 Å². The van der Waals surface area contributed by atoms with Gasteiger partial charge in [0.1, 0.15) is 0 Å². The number of fused-ring (bicyclic) bond motifs is 1. The summed E-state index contributed by atoms with van der Waals surface area (Å²) in [6, 6.07) is 4.26. The third-order valence-electron chi connectivity index (χ3n) is 2.91. The molecule has 0 fully saturated rings. The van der Waals surface area contributed by atoms with Gasteiger partial charge in [0.25, 0.3) is 0 Å². The minimum atomic E-state index is 0.222. The minimum Gasteiger partial charge on any atom is -0.324 e. The van der Waals surface area contributed by atoms with Gasteiger partial charge in [-0.1, -0.05) is 17.7 Å². The summed E-state index contributed by atoms with van der Waals surface area (Å²) in [5.41, 5.74) is 9.92. The maximum Gasteiger partial charge on any atom is 0.0438 e. The van der Waals surface area contributed by atoms with E-state index in [2.05, 4.69) is 13.0 Å². The lowest BCUT2D eigenvalue weighted by molar-refractivity contribution is 0.568. The predicted octanol–water partition coefficient (Wildman–Crippen LogP) is 2.98. The van der Waals surface area contributed by atoms with E-state index in [1.54, 1.807) is 0 Å². The van der Waals surface area contributed by atoms with Crippen molar-refractivity contribution in [2.24, 2.45) is 5.73 Å². The molecule has 0 heterocycles. The highest BCUT2D eigenvalue weighted by Gasteiger charge is 2.18. The molecule has 70 valence electrons. The molecule has 1 aromatic carbocycles. The monoisotopic (exact) mass is 195 g/mol. The first kappa shape index (κ1) is 9.04. The Labute approximate surface area is 83.9 Å². The smallest absolute Gasteiger partial charge is 0.0438 e. The second-order valence-electron chi connectivity index (χ2n) is 3.74. The second kappa shape index (κ2) is 3.32. The standard InChI is InChI=1S/C11H14ClN/c1-7-8-3-2-4-11(13)9(8)5-6-10(7)12/h5-6,11H,2-4,13H2,1H3/t11-/m1/s1. The van der Waals surface area contributed by atoms with E-state index < -0.39 is 0 Å². The summed E-state index contributed by atoms with van der Waals surface area (Å²) in [7, 11) is 0. The van der Waals surface area contributed by atoms with Gasteiger partial charge in [-0.05, 0) is 48.9 Å². The molecule has 0 bridgehead atoms. The first-order valence-electron chi connectivity index (χ1n) is 4.73. The van der Waals surface area contributed by atoms with Gasteiger partial charge in [0.15, 0.2) is 0 Å². The van der Waals surface area contributed by atoms with Crippen LogP contribution in [0.25, 0.3) is 0 Å². The Hall–Kier alpha value is -0.530. The van der Waals surface area contributed by atoms with E-state index in [1.165, 1.54) is 23.1 Å². The largest absolute Gasteiger partial charge is 0.324 e. The molecule has 1 aliphatic rings. The van der Waals surface area contributed by atoms with Crippen LogP contribution >= 0.6 is 11.6 Å². The number of hydrogen-bond donors (Lipinski definition) is 1. The number of hydrogen-bond acceptors (Lipinski definition) is 1. The van der Waals surface area contributed by atoms with Crippen molar-refractivity contribution in [3.05, 3.63) is 33.8 Å². The highest BCUT2D eigenvalue weighted by molar-refractivity contribution is 6.31. The van der Waals surface area contributed by atoms with Crippen LogP contribution in [-0.4, -0.2) is 0 Å². The van der Waals surface area contributed by atoms with Crippen molar-refractivity contribution < 1.29 is 0 Å². The van der Waals surface area contributed by atoms with Crippen LogP contribution in [0.4, 0.5) is 0 Å². The van der Waals surface area contributed by atoms with Crippen LogP contribution in [-0.2, 0) is 6.42 Å². The summed E-state index contributed by atoms with van der Waals surface area (Å²) >= 11 is 6.05. The maximum absolute atomic E-state index is 6.05. The molecule has 0 amide bonds. The van der Waals surface area contributed by atoms with Crippen molar-refractivity contribution in [3.63, 3.8) is 0 Å². The summed E-state index contributed by atoms with van der Waals surface area (Å²) in [5, 5.41) is 0.868.